The summed E-state index contributed by atoms with van der Waals surface area (Å²) in [5, 5.41) is 11.2. The van der Waals surface area contributed by atoms with Gasteiger partial charge in [-0.3, -0.25) is 4.79 Å². The number of amides is 1. The molecule has 0 spiro atoms. The van der Waals surface area contributed by atoms with Crippen molar-refractivity contribution in [2.75, 3.05) is 0 Å². The van der Waals surface area contributed by atoms with Gasteiger partial charge in [-0.1, -0.05) is 0 Å². The summed E-state index contributed by atoms with van der Waals surface area (Å²) in [6.07, 6.45) is 7.89. The minimum Gasteiger partial charge on any atom is -0.474 e. The molecule has 0 radical (unpaired) electrons. The van der Waals surface area contributed by atoms with Gasteiger partial charge in [-0.05, 0) is 75.0 Å². The number of nitrogens with one attached hydrogen (secondary N) is 1. The first kappa shape index (κ1) is 12.9. The summed E-state index contributed by atoms with van der Waals surface area (Å²) < 4.78 is 0. The van der Waals surface area contributed by atoms with Crippen LogP contribution in [0.5, 0.6) is 0 Å². The Morgan fingerprint density at radius 1 is 1.11 bits per heavy atom. The molecular formula is C15H23NO3. The third kappa shape index (κ3) is 2.49. The van der Waals surface area contributed by atoms with E-state index < -0.39 is 11.9 Å². The number of carboxylic acid groups (broad SMARTS) is 1. The van der Waals surface area contributed by atoms with Crippen molar-refractivity contribution in [1.82, 2.24) is 5.32 Å². The molecule has 4 heteroatoms. The van der Waals surface area contributed by atoms with Gasteiger partial charge in [-0.25, -0.2) is 4.79 Å². The molecule has 4 aliphatic carbocycles. The summed E-state index contributed by atoms with van der Waals surface area (Å²) in [5.74, 6) is 2.05. The van der Waals surface area contributed by atoms with E-state index in [1.807, 2.05) is 6.92 Å². The quantitative estimate of drug-likeness (QED) is 0.767. The van der Waals surface area contributed by atoms with Gasteiger partial charge in [0.1, 0.15) is 0 Å². The Bertz CT molecular complexity index is 365. The lowest BCUT2D eigenvalue weighted by Gasteiger charge is -2.55. The van der Waals surface area contributed by atoms with Crippen LogP contribution in [0.4, 0.5) is 0 Å². The van der Waals surface area contributed by atoms with E-state index in [-0.39, 0.29) is 6.04 Å². The summed E-state index contributed by atoms with van der Waals surface area (Å²) in [5.41, 5.74) is 0. The smallest absolute Gasteiger partial charge is 0.394 e. The van der Waals surface area contributed by atoms with Crippen molar-refractivity contribution in [3.63, 3.8) is 0 Å². The van der Waals surface area contributed by atoms with Gasteiger partial charge in [-0.2, -0.15) is 0 Å². The predicted octanol–water partition coefficient (Wildman–Crippen LogP) is 2.04. The minimum atomic E-state index is -1.38. The molecule has 1 amide bonds. The molecule has 19 heavy (non-hydrogen) atoms. The monoisotopic (exact) mass is 265 g/mol. The Morgan fingerprint density at radius 3 is 2.11 bits per heavy atom. The second-order valence-corrected chi connectivity index (χ2v) is 7.01. The molecule has 0 aromatic rings. The van der Waals surface area contributed by atoms with Crippen LogP contribution >= 0.6 is 0 Å². The Kier molecular flexibility index (Phi) is 3.27. The normalized spacial score (nSPS) is 41.0. The fourth-order valence-electron chi connectivity index (χ4n) is 5.18. The van der Waals surface area contributed by atoms with E-state index in [0.29, 0.717) is 5.92 Å². The molecule has 2 N–H and O–H groups in total. The van der Waals surface area contributed by atoms with Crippen molar-refractivity contribution in [3.8, 4) is 0 Å². The largest absolute Gasteiger partial charge is 0.474 e. The number of carbonyl (C=O) groups is 2. The van der Waals surface area contributed by atoms with E-state index in [2.05, 4.69) is 5.32 Å². The highest BCUT2D eigenvalue weighted by atomic mass is 16.4. The first-order chi connectivity index (χ1) is 9.02. The van der Waals surface area contributed by atoms with Crippen molar-refractivity contribution < 1.29 is 14.7 Å². The molecule has 4 nitrogen and oxygen atoms in total. The molecule has 4 bridgehead atoms. The van der Waals surface area contributed by atoms with Crippen molar-refractivity contribution in [1.29, 1.82) is 0 Å². The summed E-state index contributed by atoms with van der Waals surface area (Å²) >= 11 is 0. The van der Waals surface area contributed by atoms with Gasteiger partial charge in [-0.15, -0.1) is 0 Å². The maximum atomic E-state index is 11.2. The number of carbonyl (C=O) groups excluding carboxylic acids is 1. The Balaban J connectivity index is 1.58. The Hall–Kier alpha value is -1.06. The molecule has 1 atom stereocenters. The summed E-state index contributed by atoms with van der Waals surface area (Å²) in [4.78, 5) is 21.7. The Morgan fingerprint density at radius 2 is 1.63 bits per heavy atom. The number of carboxylic acids is 1. The number of hydrogen-bond acceptors (Lipinski definition) is 2. The summed E-state index contributed by atoms with van der Waals surface area (Å²) in [7, 11) is 0. The van der Waals surface area contributed by atoms with Crippen molar-refractivity contribution in [3.05, 3.63) is 0 Å². The topological polar surface area (TPSA) is 66.4 Å². The molecule has 0 saturated heterocycles. The maximum absolute atomic E-state index is 11.2. The van der Waals surface area contributed by atoms with Crippen LogP contribution in [0.1, 0.15) is 45.4 Å². The zero-order chi connectivity index (χ0) is 13.6. The zero-order valence-electron chi connectivity index (χ0n) is 11.5. The Labute approximate surface area is 113 Å². The van der Waals surface area contributed by atoms with Gasteiger partial charge < -0.3 is 10.4 Å². The van der Waals surface area contributed by atoms with Crippen molar-refractivity contribution in [2.24, 2.45) is 29.6 Å². The number of rotatable bonds is 3. The van der Waals surface area contributed by atoms with Crippen LogP contribution in [0.25, 0.3) is 0 Å². The number of hydrogen-bond donors (Lipinski definition) is 2. The van der Waals surface area contributed by atoms with Crippen LogP contribution in [0.2, 0.25) is 0 Å². The maximum Gasteiger partial charge on any atom is 0.394 e. The highest BCUT2D eigenvalue weighted by molar-refractivity contribution is 6.31. The van der Waals surface area contributed by atoms with Crippen molar-refractivity contribution >= 4 is 11.9 Å². The summed E-state index contributed by atoms with van der Waals surface area (Å²) in [6.45, 7) is 1.94. The highest BCUT2D eigenvalue weighted by Gasteiger charge is 2.48. The second kappa shape index (κ2) is 4.80. The molecular weight excluding hydrogens is 242 g/mol. The van der Waals surface area contributed by atoms with Crippen LogP contribution in [0.15, 0.2) is 0 Å². The third-order valence-corrected chi connectivity index (χ3v) is 5.62. The average molecular weight is 265 g/mol. The molecule has 0 aliphatic heterocycles. The predicted molar refractivity (Wildman–Crippen MR) is 70.4 cm³/mol. The molecule has 0 aromatic heterocycles. The van der Waals surface area contributed by atoms with Crippen LogP contribution < -0.4 is 5.32 Å². The first-order valence-corrected chi connectivity index (χ1v) is 7.56. The van der Waals surface area contributed by atoms with E-state index in [0.717, 1.165) is 30.1 Å². The van der Waals surface area contributed by atoms with Gasteiger partial charge in [0.2, 0.25) is 0 Å². The fraction of sp³-hybridized carbons (Fsp3) is 0.867. The zero-order valence-corrected chi connectivity index (χ0v) is 11.5. The molecule has 4 fully saturated rings. The lowest BCUT2D eigenvalue weighted by molar-refractivity contribution is -0.150. The molecule has 4 rings (SSSR count). The van der Waals surface area contributed by atoms with E-state index in [4.69, 9.17) is 5.11 Å². The molecule has 4 saturated carbocycles. The van der Waals surface area contributed by atoms with Gasteiger partial charge in [0, 0.05) is 6.04 Å². The number of aliphatic carboxylic acids is 1. The molecule has 4 aliphatic rings. The molecule has 0 aromatic carbocycles. The highest BCUT2D eigenvalue weighted by Crippen LogP contribution is 2.57. The lowest BCUT2D eigenvalue weighted by atomic mass is 9.51. The van der Waals surface area contributed by atoms with E-state index >= 15 is 0 Å². The standard InChI is InChI=1S/C15H23NO3/c1-8(16-14(17)15(18)19)2-13-11-4-9-3-10(6-11)7-12(13)5-9/h8-13H,2-7H2,1H3,(H,16,17)(H,18,19). The van der Waals surface area contributed by atoms with Crippen LogP contribution in [0.3, 0.4) is 0 Å². The second-order valence-electron chi connectivity index (χ2n) is 7.01. The van der Waals surface area contributed by atoms with E-state index in [1.165, 1.54) is 32.1 Å². The van der Waals surface area contributed by atoms with Gasteiger partial charge in [0.05, 0.1) is 0 Å². The van der Waals surface area contributed by atoms with Gasteiger partial charge in [0.15, 0.2) is 0 Å². The van der Waals surface area contributed by atoms with Crippen LogP contribution in [-0.4, -0.2) is 23.0 Å². The van der Waals surface area contributed by atoms with Crippen LogP contribution in [-0.2, 0) is 9.59 Å². The summed E-state index contributed by atoms with van der Waals surface area (Å²) in [6, 6.07) is -0.0221. The minimum absolute atomic E-state index is 0.0221. The molecule has 0 heterocycles. The first-order valence-electron chi connectivity index (χ1n) is 7.56. The third-order valence-electron chi connectivity index (χ3n) is 5.62. The van der Waals surface area contributed by atoms with E-state index in [9.17, 15) is 9.59 Å². The SMILES string of the molecule is CC(CC1C2CC3CC(C2)CC1C3)NC(=O)C(=O)O. The average Bonchev–Trinajstić information content (AvgIpc) is 2.32. The van der Waals surface area contributed by atoms with E-state index in [1.54, 1.807) is 0 Å². The van der Waals surface area contributed by atoms with Gasteiger partial charge >= 0.3 is 11.9 Å². The van der Waals surface area contributed by atoms with Crippen molar-refractivity contribution in [2.45, 2.75) is 51.5 Å². The van der Waals surface area contributed by atoms with Crippen LogP contribution in [0, 0.1) is 29.6 Å². The lowest BCUT2D eigenvalue weighted by Crippen LogP contribution is -2.48. The molecule has 106 valence electrons. The fourth-order valence-corrected chi connectivity index (χ4v) is 5.18. The molecule has 1 unspecified atom stereocenters. The van der Waals surface area contributed by atoms with Gasteiger partial charge in [0.25, 0.3) is 0 Å².